The van der Waals surface area contributed by atoms with E-state index < -0.39 is 11.6 Å². The lowest BCUT2D eigenvalue weighted by Gasteiger charge is -2.32. The molecule has 1 aliphatic heterocycles. The van der Waals surface area contributed by atoms with Crippen molar-refractivity contribution in [1.82, 2.24) is 25.2 Å². The van der Waals surface area contributed by atoms with Gasteiger partial charge < -0.3 is 19.9 Å². The van der Waals surface area contributed by atoms with Crippen LogP contribution in [0.15, 0.2) is 49.2 Å². The summed E-state index contributed by atoms with van der Waals surface area (Å²) in [6, 6.07) is 7.82. The highest BCUT2D eigenvalue weighted by molar-refractivity contribution is 6.02. The third kappa shape index (κ3) is 5.01. The summed E-state index contributed by atoms with van der Waals surface area (Å²) < 4.78 is 37.2. The molecule has 0 aliphatic carbocycles. The molecule has 3 atom stereocenters. The lowest BCUT2D eigenvalue weighted by atomic mass is 9.96. The number of aromatic nitrogens is 3. The standard InChI is InChI=1S/C32H32F2N6O2/c1-7-21-24(33)13-12-20-10-9-11-22(27(20)21)29-28(34)30-23(17-36-29)31(38-32(37-30)42-18(3)16-35-5)39(6)25-14-15-40(19(25)4)26(41)8-2/h1,8-13,17-19,25,35H,2,14-16H2,3-6H3. The molecule has 3 heterocycles. The highest BCUT2D eigenvalue weighted by Gasteiger charge is 2.37. The Bertz CT molecular complexity index is 1740. The molecule has 1 aliphatic rings. The van der Waals surface area contributed by atoms with Crippen molar-refractivity contribution in [2.75, 3.05) is 32.1 Å². The van der Waals surface area contributed by atoms with Gasteiger partial charge in [-0.05, 0) is 44.8 Å². The van der Waals surface area contributed by atoms with Crippen LogP contribution in [0.4, 0.5) is 14.6 Å². The number of benzene rings is 2. The van der Waals surface area contributed by atoms with E-state index in [2.05, 4.69) is 32.8 Å². The van der Waals surface area contributed by atoms with Gasteiger partial charge in [-0.15, -0.1) is 6.42 Å². The summed E-state index contributed by atoms with van der Waals surface area (Å²) in [7, 11) is 3.65. The molecule has 0 radical (unpaired) electrons. The Morgan fingerprint density at radius 3 is 2.83 bits per heavy atom. The number of likely N-dealkylation sites (tertiary alicyclic amines) is 1. The molecule has 2 aromatic heterocycles. The predicted molar refractivity (Wildman–Crippen MR) is 160 cm³/mol. The first-order chi connectivity index (χ1) is 20.2. The number of carbonyl (C=O) groups is 1. The van der Waals surface area contributed by atoms with E-state index in [9.17, 15) is 9.18 Å². The molecular formula is C32H32F2N6O2. The average Bonchev–Trinajstić information content (AvgIpc) is 3.37. The molecule has 1 fully saturated rings. The fraction of sp³-hybridized carbons (Fsp3) is 0.312. The summed E-state index contributed by atoms with van der Waals surface area (Å²) in [6.07, 6.45) is 8.86. The molecule has 0 saturated carbocycles. The number of terminal acetylenes is 1. The summed E-state index contributed by atoms with van der Waals surface area (Å²) in [4.78, 5) is 29.7. The van der Waals surface area contributed by atoms with Gasteiger partial charge in [-0.25, -0.2) is 8.78 Å². The van der Waals surface area contributed by atoms with Gasteiger partial charge in [0.25, 0.3) is 0 Å². The molecule has 0 spiro atoms. The van der Waals surface area contributed by atoms with Crippen molar-refractivity contribution in [3.8, 4) is 29.6 Å². The monoisotopic (exact) mass is 570 g/mol. The first-order valence-electron chi connectivity index (χ1n) is 13.7. The molecule has 42 heavy (non-hydrogen) atoms. The van der Waals surface area contributed by atoms with Gasteiger partial charge in [-0.1, -0.05) is 36.8 Å². The van der Waals surface area contributed by atoms with E-state index in [1.807, 2.05) is 25.8 Å². The first kappa shape index (κ1) is 28.9. The molecule has 1 amide bonds. The number of hydrogen-bond acceptors (Lipinski definition) is 7. The zero-order chi connectivity index (χ0) is 30.1. The summed E-state index contributed by atoms with van der Waals surface area (Å²) in [5, 5.41) is 4.46. The van der Waals surface area contributed by atoms with Crippen LogP contribution in [0, 0.1) is 24.0 Å². The minimum Gasteiger partial charge on any atom is -0.459 e. The molecule has 1 N–H and O–H groups in total. The number of halogens is 2. The van der Waals surface area contributed by atoms with Gasteiger partial charge in [0.15, 0.2) is 5.82 Å². The molecule has 8 nitrogen and oxygen atoms in total. The first-order valence-corrected chi connectivity index (χ1v) is 13.7. The lowest BCUT2D eigenvalue weighted by molar-refractivity contribution is -0.126. The van der Waals surface area contributed by atoms with Gasteiger partial charge in [0, 0.05) is 43.3 Å². The molecule has 0 bridgehead atoms. The van der Waals surface area contributed by atoms with Crippen LogP contribution in [-0.2, 0) is 4.79 Å². The number of pyridine rings is 1. The Hall–Kier alpha value is -4.62. The van der Waals surface area contributed by atoms with Crippen molar-refractivity contribution in [2.45, 2.75) is 38.5 Å². The second-order valence-electron chi connectivity index (χ2n) is 10.4. The maximum Gasteiger partial charge on any atom is 0.319 e. The Kier molecular flexibility index (Phi) is 8.05. The average molecular weight is 571 g/mol. The smallest absolute Gasteiger partial charge is 0.319 e. The minimum atomic E-state index is -0.710. The fourth-order valence-corrected chi connectivity index (χ4v) is 5.76. The third-order valence-corrected chi connectivity index (χ3v) is 7.84. The van der Waals surface area contributed by atoms with Gasteiger partial charge in [0.05, 0.1) is 17.0 Å². The van der Waals surface area contributed by atoms with E-state index in [-0.39, 0.29) is 46.9 Å². The third-order valence-electron chi connectivity index (χ3n) is 7.84. The number of amides is 1. The summed E-state index contributed by atoms with van der Waals surface area (Å²) in [6.45, 7) is 8.50. The molecule has 4 aromatic rings. The number of anilines is 1. The van der Waals surface area contributed by atoms with Crippen molar-refractivity contribution >= 4 is 33.4 Å². The number of nitrogens with zero attached hydrogens (tertiary/aromatic N) is 5. The predicted octanol–water partition coefficient (Wildman–Crippen LogP) is 4.70. The van der Waals surface area contributed by atoms with Gasteiger partial charge in [-0.3, -0.25) is 9.78 Å². The molecule has 2 aromatic carbocycles. The number of nitrogens with one attached hydrogen (secondary N) is 1. The zero-order valence-corrected chi connectivity index (χ0v) is 24.0. The topological polar surface area (TPSA) is 83.5 Å². The van der Waals surface area contributed by atoms with E-state index in [1.165, 1.54) is 18.3 Å². The van der Waals surface area contributed by atoms with Crippen LogP contribution in [0.3, 0.4) is 0 Å². The summed E-state index contributed by atoms with van der Waals surface area (Å²) >= 11 is 0. The van der Waals surface area contributed by atoms with E-state index in [4.69, 9.17) is 11.2 Å². The van der Waals surface area contributed by atoms with E-state index in [0.29, 0.717) is 47.1 Å². The lowest BCUT2D eigenvalue weighted by Crippen LogP contribution is -2.43. The molecule has 5 rings (SSSR count). The Balaban J connectivity index is 1.69. The van der Waals surface area contributed by atoms with Crippen LogP contribution in [0.5, 0.6) is 6.01 Å². The number of ether oxygens (including phenoxy) is 1. The van der Waals surface area contributed by atoms with Crippen LogP contribution in [0.2, 0.25) is 0 Å². The van der Waals surface area contributed by atoms with Gasteiger partial charge in [0.2, 0.25) is 5.91 Å². The number of likely N-dealkylation sites (N-methyl/N-ethyl adjacent to an activating group) is 2. The Morgan fingerprint density at radius 1 is 1.33 bits per heavy atom. The number of rotatable bonds is 8. The quantitative estimate of drug-likeness (QED) is 0.243. The number of carbonyl (C=O) groups excluding carboxylic acids is 1. The van der Waals surface area contributed by atoms with E-state index in [1.54, 1.807) is 36.2 Å². The SMILES string of the molecule is C#Cc1c(F)ccc2cccc(-c3ncc4c(N(C)C5CCN(C(=O)C=C)C5C)nc(OC(C)CNC)nc4c3F)c12. The van der Waals surface area contributed by atoms with Crippen molar-refractivity contribution in [3.05, 3.63) is 66.4 Å². The van der Waals surface area contributed by atoms with Crippen molar-refractivity contribution in [1.29, 1.82) is 0 Å². The van der Waals surface area contributed by atoms with Crippen molar-refractivity contribution in [3.63, 3.8) is 0 Å². The van der Waals surface area contributed by atoms with Crippen LogP contribution in [0.25, 0.3) is 32.9 Å². The minimum absolute atomic E-state index is 0.00102. The van der Waals surface area contributed by atoms with Crippen molar-refractivity contribution in [2.24, 2.45) is 0 Å². The maximum absolute atomic E-state index is 16.5. The van der Waals surface area contributed by atoms with Crippen molar-refractivity contribution < 1.29 is 18.3 Å². The van der Waals surface area contributed by atoms with Gasteiger partial charge in [0.1, 0.15) is 28.9 Å². The van der Waals surface area contributed by atoms with E-state index in [0.717, 1.165) is 0 Å². The fourth-order valence-electron chi connectivity index (χ4n) is 5.76. The van der Waals surface area contributed by atoms with Gasteiger partial charge >= 0.3 is 6.01 Å². The normalized spacial score (nSPS) is 17.3. The summed E-state index contributed by atoms with van der Waals surface area (Å²) in [5.74, 6) is 1.39. The number of fused-ring (bicyclic) bond motifs is 2. The van der Waals surface area contributed by atoms with E-state index >= 15 is 4.39 Å². The Labute approximate surface area is 243 Å². The zero-order valence-electron chi connectivity index (χ0n) is 24.0. The van der Waals surface area contributed by atoms with Gasteiger partial charge in [-0.2, -0.15) is 9.97 Å². The molecular weight excluding hydrogens is 538 g/mol. The van der Waals surface area contributed by atoms with Crippen LogP contribution < -0.4 is 15.0 Å². The highest BCUT2D eigenvalue weighted by atomic mass is 19.1. The number of hydrogen-bond donors (Lipinski definition) is 1. The molecule has 10 heteroatoms. The largest absolute Gasteiger partial charge is 0.459 e. The second-order valence-corrected chi connectivity index (χ2v) is 10.4. The van der Waals surface area contributed by atoms with Crippen LogP contribution >= 0.6 is 0 Å². The summed E-state index contributed by atoms with van der Waals surface area (Å²) in [5.41, 5.74) is 0.366. The highest BCUT2D eigenvalue weighted by Crippen LogP contribution is 2.37. The van der Waals surface area contributed by atoms with Crippen LogP contribution in [0.1, 0.15) is 25.8 Å². The maximum atomic E-state index is 16.5. The Morgan fingerprint density at radius 2 is 2.12 bits per heavy atom. The molecule has 216 valence electrons. The second kappa shape index (κ2) is 11.7. The molecule has 3 unspecified atom stereocenters. The molecule has 1 saturated heterocycles. The van der Waals surface area contributed by atoms with Crippen LogP contribution in [-0.4, -0.2) is 71.1 Å².